The summed E-state index contributed by atoms with van der Waals surface area (Å²) in [4.78, 5) is 13.2. The molecule has 0 radical (unpaired) electrons. The van der Waals surface area contributed by atoms with Gasteiger partial charge in [0.15, 0.2) is 0 Å². The highest BCUT2D eigenvalue weighted by Gasteiger charge is 2.22. The second-order valence-corrected chi connectivity index (χ2v) is 7.41. The van der Waals surface area contributed by atoms with Gasteiger partial charge in [0, 0.05) is 35.8 Å². The number of hydrogen-bond acceptors (Lipinski definition) is 2. The van der Waals surface area contributed by atoms with Crippen LogP contribution in [0.15, 0.2) is 66.7 Å². The number of fused-ring (bicyclic) bond motifs is 1. The Morgan fingerprint density at radius 2 is 1.68 bits per heavy atom. The van der Waals surface area contributed by atoms with Gasteiger partial charge in [0.25, 0.3) is 5.91 Å². The molecule has 1 heterocycles. The van der Waals surface area contributed by atoms with Crippen LogP contribution in [0.2, 0.25) is 0 Å². The SMILES string of the molecule is CCc1c(C(=O)NCc2cc(F)cc(F)c2)c2cc(O)ccc2n1Cc1ccccc1. The number of aromatic hydroxyl groups is 1. The van der Waals surface area contributed by atoms with Crippen molar-refractivity contribution in [2.75, 3.05) is 0 Å². The van der Waals surface area contributed by atoms with Crippen molar-refractivity contribution in [3.8, 4) is 5.75 Å². The number of nitrogens with zero attached hydrogens (tertiary/aromatic N) is 1. The van der Waals surface area contributed by atoms with E-state index >= 15 is 0 Å². The van der Waals surface area contributed by atoms with Gasteiger partial charge in [-0.25, -0.2) is 8.78 Å². The Labute approximate surface area is 178 Å². The molecule has 1 aromatic heterocycles. The van der Waals surface area contributed by atoms with Crippen molar-refractivity contribution in [1.29, 1.82) is 0 Å². The van der Waals surface area contributed by atoms with E-state index in [1.54, 1.807) is 18.2 Å². The van der Waals surface area contributed by atoms with Crippen molar-refractivity contribution in [1.82, 2.24) is 9.88 Å². The molecule has 3 aromatic carbocycles. The maximum atomic E-state index is 13.5. The van der Waals surface area contributed by atoms with E-state index < -0.39 is 11.6 Å². The molecule has 31 heavy (non-hydrogen) atoms. The Morgan fingerprint density at radius 3 is 2.35 bits per heavy atom. The molecule has 0 aliphatic heterocycles. The van der Waals surface area contributed by atoms with Crippen LogP contribution >= 0.6 is 0 Å². The smallest absolute Gasteiger partial charge is 0.254 e. The van der Waals surface area contributed by atoms with Gasteiger partial charge in [0.2, 0.25) is 0 Å². The molecular formula is C25H22F2N2O2. The summed E-state index contributed by atoms with van der Waals surface area (Å²) in [5.74, 6) is -1.68. The van der Waals surface area contributed by atoms with Crippen LogP contribution in [-0.2, 0) is 19.5 Å². The third-order valence-electron chi connectivity index (χ3n) is 5.28. The molecular weight excluding hydrogens is 398 g/mol. The second kappa shape index (κ2) is 8.60. The molecule has 1 amide bonds. The number of phenolic OH excluding ortho intramolecular Hbond substituents is 1. The zero-order chi connectivity index (χ0) is 22.0. The van der Waals surface area contributed by atoms with Crippen LogP contribution in [-0.4, -0.2) is 15.6 Å². The normalized spacial score (nSPS) is 11.1. The largest absolute Gasteiger partial charge is 0.508 e. The van der Waals surface area contributed by atoms with Gasteiger partial charge in [-0.1, -0.05) is 37.3 Å². The van der Waals surface area contributed by atoms with Gasteiger partial charge >= 0.3 is 0 Å². The molecule has 6 heteroatoms. The second-order valence-electron chi connectivity index (χ2n) is 7.41. The molecule has 4 rings (SSSR count). The standard InChI is InChI=1S/C25H22F2N2O2/c1-2-22-24(25(31)28-14-17-10-18(26)12-19(27)11-17)21-13-20(30)8-9-23(21)29(22)15-16-6-4-3-5-7-16/h3-13,30H,2,14-15H2,1H3,(H,28,31). The lowest BCUT2D eigenvalue weighted by molar-refractivity contribution is 0.0951. The highest BCUT2D eigenvalue weighted by molar-refractivity contribution is 6.08. The number of benzene rings is 3. The summed E-state index contributed by atoms with van der Waals surface area (Å²) >= 11 is 0. The number of aromatic nitrogens is 1. The van der Waals surface area contributed by atoms with E-state index in [0.29, 0.717) is 29.5 Å². The number of carbonyl (C=O) groups is 1. The minimum absolute atomic E-state index is 0.0131. The molecule has 0 bridgehead atoms. The summed E-state index contributed by atoms with van der Waals surface area (Å²) in [6, 6.07) is 18.1. The lowest BCUT2D eigenvalue weighted by Crippen LogP contribution is -2.24. The van der Waals surface area contributed by atoms with Gasteiger partial charge in [0.05, 0.1) is 5.56 Å². The van der Waals surface area contributed by atoms with Crippen LogP contribution in [0, 0.1) is 11.6 Å². The number of phenols is 1. The summed E-state index contributed by atoms with van der Waals surface area (Å²) in [5, 5.41) is 13.4. The molecule has 0 spiro atoms. The zero-order valence-electron chi connectivity index (χ0n) is 17.0. The summed E-state index contributed by atoms with van der Waals surface area (Å²) in [7, 11) is 0. The maximum Gasteiger partial charge on any atom is 0.254 e. The van der Waals surface area contributed by atoms with Gasteiger partial charge in [-0.15, -0.1) is 0 Å². The number of nitrogens with one attached hydrogen (secondary N) is 1. The maximum absolute atomic E-state index is 13.5. The van der Waals surface area contributed by atoms with Gasteiger partial charge in [-0.2, -0.15) is 0 Å². The van der Waals surface area contributed by atoms with Crippen LogP contribution < -0.4 is 5.32 Å². The predicted molar refractivity (Wildman–Crippen MR) is 116 cm³/mol. The first kappa shape index (κ1) is 20.6. The van der Waals surface area contributed by atoms with Crippen LogP contribution in [0.3, 0.4) is 0 Å². The molecule has 2 N–H and O–H groups in total. The first-order chi connectivity index (χ1) is 15.0. The molecule has 0 saturated carbocycles. The van der Waals surface area contributed by atoms with E-state index in [-0.39, 0.29) is 18.2 Å². The molecule has 0 saturated heterocycles. The first-order valence-corrected chi connectivity index (χ1v) is 10.1. The van der Waals surface area contributed by atoms with Gasteiger partial charge in [-0.3, -0.25) is 4.79 Å². The number of halogens is 2. The van der Waals surface area contributed by atoms with Crippen molar-refractivity contribution in [2.24, 2.45) is 0 Å². The Morgan fingerprint density at radius 1 is 0.968 bits per heavy atom. The highest BCUT2D eigenvalue weighted by Crippen LogP contribution is 2.30. The summed E-state index contributed by atoms with van der Waals surface area (Å²) in [6.45, 7) is 2.53. The molecule has 4 nitrogen and oxygen atoms in total. The number of rotatable bonds is 6. The Kier molecular flexibility index (Phi) is 5.71. The highest BCUT2D eigenvalue weighted by atomic mass is 19.1. The van der Waals surface area contributed by atoms with Gasteiger partial charge in [-0.05, 0) is 47.9 Å². The lowest BCUT2D eigenvalue weighted by atomic mass is 10.1. The number of carbonyl (C=O) groups excluding carboxylic acids is 1. The minimum atomic E-state index is -0.692. The fourth-order valence-electron chi connectivity index (χ4n) is 3.95. The number of hydrogen-bond donors (Lipinski definition) is 2. The van der Waals surface area contributed by atoms with Gasteiger partial charge in [0.1, 0.15) is 17.4 Å². The van der Waals surface area contributed by atoms with E-state index in [0.717, 1.165) is 22.8 Å². The van der Waals surface area contributed by atoms with E-state index in [1.165, 1.54) is 12.1 Å². The topological polar surface area (TPSA) is 54.3 Å². The lowest BCUT2D eigenvalue weighted by Gasteiger charge is -2.11. The summed E-state index contributed by atoms with van der Waals surface area (Å²) in [5.41, 5.74) is 3.54. The molecule has 0 unspecified atom stereocenters. The summed E-state index contributed by atoms with van der Waals surface area (Å²) in [6.07, 6.45) is 0.597. The van der Waals surface area contributed by atoms with E-state index in [1.807, 2.05) is 37.3 Å². The third kappa shape index (κ3) is 4.28. The molecule has 0 atom stereocenters. The Bertz CT molecular complexity index is 1230. The third-order valence-corrected chi connectivity index (χ3v) is 5.28. The van der Waals surface area contributed by atoms with Crippen molar-refractivity contribution >= 4 is 16.8 Å². The number of amides is 1. The molecule has 0 aliphatic rings. The zero-order valence-corrected chi connectivity index (χ0v) is 17.0. The Balaban J connectivity index is 1.73. The molecule has 0 aliphatic carbocycles. The minimum Gasteiger partial charge on any atom is -0.508 e. The fraction of sp³-hybridized carbons (Fsp3) is 0.160. The van der Waals surface area contributed by atoms with E-state index in [2.05, 4.69) is 9.88 Å². The average molecular weight is 420 g/mol. The van der Waals surface area contributed by atoms with Gasteiger partial charge < -0.3 is 15.0 Å². The van der Waals surface area contributed by atoms with Crippen LogP contribution in [0.4, 0.5) is 8.78 Å². The van der Waals surface area contributed by atoms with Crippen molar-refractivity contribution in [2.45, 2.75) is 26.4 Å². The molecule has 158 valence electrons. The predicted octanol–water partition coefficient (Wildman–Crippen LogP) is 5.17. The van der Waals surface area contributed by atoms with E-state index in [9.17, 15) is 18.7 Å². The quantitative estimate of drug-likeness (QED) is 0.452. The van der Waals surface area contributed by atoms with Crippen molar-refractivity contribution in [3.63, 3.8) is 0 Å². The fourth-order valence-corrected chi connectivity index (χ4v) is 3.95. The van der Waals surface area contributed by atoms with Crippen LogP contribution in [0.1, 0.15) is 34.1 Å². The molecule has 0 fully saturated rings. The van der Waals surface area contributed by atoms with Crippen molar-refractivity contribution in [3.05, 3.63) is 101 Å². The summed E-state index contributed by atoms with van der Waals surface area (Å²) < 4.78 is 29.0. The van der Waals surface area contributed by atoms with E-state index in [4.69, 9.17) is 0 Å². The monoisotopic (exact) mass is 420 g/mol. The first-order valence-electron chi connectivity index (χ1n) is 10.1. The van der Waals surface area contributed by atoms with Crippen LogP contribution in [0.25, 0.3) is 10.9 Å². The van der Waals surface area contributed by atoms with Crippen molar-refractivity contribution < 1.29 is 18.7 Å². The molecule has 4 aromatic rings. The average Bonchev–Trinajstić information content (AvgIpc) is 3.04. The van der Waals surface area contributed by atoms with Crippen LogP contribution in [0.5, 0.6) is 5.75 Å². The Hall–Kier alpha value is -3.67.